The van der Waals surface area contributed by atoms with Crippen molar-refractivity contribution in [3.63, 3.8) is 0 Å². The summed E-state index contributed by atoms with van der Waals surface area (Å²) in [5.41, 5.74) is 3.26. The van der Waals surface area contributed by atoms with Crippen molar-refractivity contribution in [2.24, 2.45) is 0 Å². The summed E-state index contributed by atoms with van der Waals surface area (Å²) in [5.74, 6) is 0. The fourth-order valence-electron chi connectivity index (χ4n) is 3.13. The first-order chi connectivity index (χ1) is 11.5. The molecule has 2 aromatic rings. The standard InChI is InChI=1S/C19H24N2O2S/c1-16-9-11-18(12-10-16)24(22,23)20(2)15-17-7-3-4-8-19(17)21-13-5-6-14-21/h3-4,7-12H,5-6,13-15H2,1-2H3. The van der Waals surface area contributed by atoms with E-state index in [2.05, 4.69) is 11.0 Å². The fraction of sp³-hybridized carbons (Fsp3) is 0.368. The van der Waals surface area contributed by atoms with E-state index < -0.39 is 10.0 Å². The number of hydrogen-bond donors (Lipinski definition) is 0. The third-order valence-electron chi connectivity index (χ3n) is 4.56. The molecular formula is C19H24N2O2S. The highest BCUT2D eigenvalue weighted by Gasteiger charge is 2.23. The van der Waals surface area contributed by atoms with Crippen LogP contribution in [0.4, 0.5) is 5.69 Å². The Morgan fingerprint density at radius 2 is 1.62 bits per heavy atom. The van der Waals surface area contributed by atoms with E-state index in [0.717, 1.165) is 29.9 Å². The third kappa shape index (κ3) is 3.47. The van der Waals surface area contributed by atoms with Crippen molar-refractivity contribution in [2.45, 2.75) is 31.2 Å². The molecule has 24 heavy (non-hydrogen) atoms. The summed E-state index contributed by atoms with van der Waals surface area (Å²) in [6.07, 6.45) is 2.40. The quantitative estimate of drug-likeness (QED) is 0.834. The molecule has 1 fully saturated rings. The van der Waals surface area contributed by atoms with Gasteiger partial charge < -0.3 is 4.90 Å². The lowest BCUT2D eigenvalue weighted by molar-refractivity contribution is 0.466. The number of benzene rings is 2. The Bertz CT molecular complexity index is 794. The molecule has 128 valence electrons. The van der Waals surface area contributed by atoms with E-state index in [0.29, 0.717) is 11.4 Å². The Morgan fingerprint density at radius 1 is 1.00 bits per heavy atom. The molecule has 2 aromatic carbocycles. The lowest BCUT2D eigenvalue weighted by Crippen LogP contribution is -2.28. The Kier molecular flexibility index (Phi) is 4.92. The van der Waals surface area contributed by atoms with E-state index in [1.807, 2.05) is 37.3 Å². The van der Waals surface area contributed by atoms with Gasteiger partial charge in [-0.2, -0.15) is 4.31 Å². The maximum atomic E-state index is 12.8. The second-order valence-corrected chi connectivity index (χ2v) is 8.44. The van der Waals surface area contributed by atoms with Crippen LogP contribution in [0.3, 0.4) is 0 Å². The Balaban J connectivity index is 1.84. The van der Waals surface area contributed by atoms with Crippen molar-refractivity contribution < 1.29 is 8.42 Å². The van der Waals surface area contributed by atoms with Crippen molar-refractivity contribution >= 4 is 15.7 Å². The predicted molar refractivity (Wildman–Crippen MR) is 97.7 cm³/mol. The predicted octanol–water partition coefficient (Wildman–Crippen LogP) is 3.42. The van der Waals surface area contributed by atoms with Gasteiger partial charge in [-0.05, 0) is 43.5 Å². The van der Waals surface area contributed by atoms with Gasteiger partial charge in [-0.3, -0.25) is 0 Å². The zero-order valence-corrected chi connectivity index (χ0v) is 15.1. The van der Waals surface area contributed by atoms with Gasteiger partial charge in [-0.25, -0.2) is 8.42 Å². The molecule has 1 heterocycles. The molecule has 0 aliphatic carbocycles. The van der Waals surface area contributed by atoms with Gasteiger partial charge >= 0.3 is 0 Å². The lowest BCUT2D eigenvalue weighted by atomic mass is 10.1. The first-order valence-corrected chi connectivity index (χ1v) is 9.78. The first kappa shape index (κ1) is 17.0. The summed E-state index contributed by atoms with van der Waals surface area (Å²) in [4.78, 5) is 2.69. The van der Waals surface area contributed by atoms with Crippen LogP contribution >= 0.6 is 0 Å². The highest BCUT2D eigenvalue weighted by molar-refractivity contribution is 7.89. The summed E-state index contributed by atoms with van der Waals surface area (Å²) in [6.45, 7) is 4.42. The van der Waals surface area contributed by atoms with E-state index in [1.165, 1.54) is 17.1 Å². The number of para-hydroxylation sites is 1. The summed E-state index contributed by atoms with van der Waals surface area (Å²) < 4.78 is 27.0. The molecule has 1 aliphatic rings. The number of hydrogen-bond acceptors (Lipinski definition) is 3. The molecule has 0 bridgehead atoms. The molecule has 1 saturated heterocycles. The highest BCUT2D eigenvalue weighted by atomic mass is 32.2. The molecule has 5 heteroatoms. The maximum absolute atomic E-state index is 12.8. The van der Waals surface area contributed by atoms with Crippen LogP contribution in [0.15, 0.2) is 53.4 Å². The van der Waals surface area contributed by atoms with E-state index in [1.54, 1.807) is 19.2 Å². The van der Waals surface area contributed by atoms with Crippen molar-refractivity contribution in [3.05, 3.63) is 59.7 Å². The average molecular weight is 344 g/mol. The number of nitrogens with zero attached hydrogens (tertiary/aromatic N) is 2. The van der Waals surface area contributed by atoms with Crippen molar-refractivity contribution in [3.8, 4) is 0 Å². The SMILES string of the molecule is Cc1ccc(S(=O)(=O)N(C)Cc2ccccc2N2CCCC2)cc1. The molecule has 4 nitrogen and oxygen atoms in total. The Labute approximate surface area is 144 Å². The zero-order chi connectivity index (χ0) is 17.2. The van der Waals surface area contributed by atoms with E-state index in [4.69, 9.17) is 0 Å². The second kappa shape index (κ2) is 6.95. The zero-order valence-electron chi connectivity index (χ0n) is 14.3. The van der Waals surface area contributed by atoms with Crippen LogP contribution in [0.5, 0.6) is 0 Å². The molecule has 0 unspecified atom stereocenters. The van der Waals surface area contributed by atoms with Crippen LogP contribution in [0.1, 0.15) is 24.0 Å². The van der Waals surface area contributed by atoms with Gasteiger partial charge in [0.05, 0.1) is 4.90 Å². The molecule has 0 aromatic heterocycles. The minimum Gasteiger partial charge on any atom is -0.371 e. The van der Waals surface area contributed by atoms with Gasteiger partial charge in [0, 0.05) is 32.4 Å². The summed E-state index contributed by atoms with van der Waals surface area (Å²) in [6, 6.07) is 15.1. The van der Waals surface area contributed by atoms with E-state index >= 15 is 0 Å². The van der Waals surface area contributed by atoms with Crippen molar-refractivity contribution in [2.75, 3.05) is 25.0 Å². The van der Waals surface area contributed by atoms with Crippen LogP contribution in [-0.2, 0) is 16.6 Å². The Hall–Kier alpha value is -1.85. The van der Waals surface area contributed by atoms with Crippen LogP contribution in [0, 0.1) is 6.92 Å². The molecule has 1 aliphatic heterocycles. The van der Waals surface area contributed by atoms with Crippen molar-refractivity contribution in [1.29, 1.82) is 0 Å². The first-order valence-electron chi connectivity index (χ1n) is 8.34. The van der Waals surface area contributed by atoms with Crippen LogP contribution in [-0.4, -0.2) is 32.9 Å². The molecule has 0 saturated carbocycles. The van der Waals surface area contributed by atoms with Gasteiger partial charge in [0.25, 0.3) is 0 Å². The number of rotatable bonds is 5. The van der Waals surface area contributed by atoms with Crippen molar-refractivity contribution in [1.82, 2.24) is 4.31 Å². The topological polar surface area (TPSA) is 40.6 Å². The summed E-state index contributed by atoms with van der Waals surface area (Å²) in [7, 11) is -1.83. The highest BCUT2D eigenvalue weighted by Crippen LogP contribution is 2.27. The van der Waals surface area contributed by atoms with Gasteiger partial charge in [0.2, 0.25) is 10.0 Å². The van der Waals surface area contributed by atoms with Gasteiger partial charge in [-0.1, -0.05) is 35.9 Å². The molecule has 0 spiro atoms. The third-order valence-corrected chi connectivity index (χ3v) is 6.38. The number of anilines is 1. The van der Waals surface area contributed by atoms with Crippen LogP contribution in [0.2, 0.25) is 0 Å². The molecule has 0 atom stereocenters. The molecular weight excluding hydrogens is 320 g/mol. The molecule has 0 amide bonds. The second-order valence-electron chi connectivity index (χ2n) is 6.40. The largest absolute Gasteiger partial charge is 0.371 e. The summed E-state index contributed by atoms with van der Waals surface area (Å²) >= 11 is 0. The Morgan fingerprint density at radius 3 is 2.29 bits per heavy atom. The minimum absolute atomic E-state index is 0.342. The number of sulfonamides is 1. The number of aryl methyl sites for hydroxylation is 1. The van der Waals surface area contributed by atoms with Gasteiger partial charge in [0.1, 0.15) is 0 Å². The fourth-order valence-corrected chi connectivity index (χ4v) is 4.28. The van der Waals surface area contributed by atoms with Gasteiger partial charge in [0.15, 0.2) is 0 Å². The molecule has 0 radical (unpaired) electrons. The minimum atomic E-state index is -3.48. The van der Waals surface area contributed by atoms with E-state index in [-0.39, 0.29) is 0 Å². The average Bonchev–Trinajstić information content (AvgIpc) is 3.10. The maximum Gasteiger partial charge on any atom is 0.243 e. The van der Waals surface area contributed by atoms with Gasteiger partial charge in [-0.15, -0.1) is 0 Å². The monoisotopic (exact) mass is 344 g/mol. The smallest absolute Gasteiger partial charge is 0.243 e. The van der Waals surface area contributed by atoms with Crippen LogP contribution < -0.4 is 4.90 Å². The van der Waals surface area contributed by atoms with E-state index in [9.17, 15) is 8.42 Å². The lowest BCUT2D eigenvalue weighted by Gasteiger charge is -2.24. The molecule has 0 N–H and O–H groups in total. The van der Waals surface area contributed by atoms with Crippen LogP contribution in [0.25, 0.3) is 0 Å². The molecule has 3 rings (SSSR count). The normalized spacial score (nSPS) is 15.2. The summed E-state index contributed by atoms with van der Waals surface area (Å²) in [5, 5.41) is 0.